The second-order valence-electron chi connectivity index (χ2n) is 6.01. The summed E-state index contributed by atoms with van der Waals surface area (Å²) >= 11 is 0. The van der Waals surface area contributed by atoms with Crippen molar-refractivity contribution in [1.29, 1.82) is 0 Å². The summed E-state index contributed by atoms with van der Waals surface area (Å²) in [6, 6.07) is 5.04. The van der Waals surface area contributed by atoms with Crippen LogP contribution >= 0.6 is 0 Å². The van der Waals surface area contributed by atoms with Crippen molar-refractivity contribution in [1.82, 2.24) is 15.2 Å². The summed E-state index contributed by atoms with van der Waals surface area (Å²) in [5, 5.41) is 3.40. The molecule has 1 aromatic heterocycles. The summed E-state index contributed by atoms with van der Waals surface area (Å²) in [7, 11) is 4.30. The van der Waals surface area contributed by atoms with E-state index in [0.717, 1.165) is 37.7 Å². The molecule has 2 heterocycles. The molecule has 1 atom stereocenters. The molecule has 0 aromatic carbocycles. The number of pyridine rings is 1. The fourth-order valence-electron chi connectivity index (χ4n) is 2.99. The van der Waals surface area contributed by atoms with Gasteiger partial charge >= 0.3 is 0 Å². The van der Waals surface area contributed by atoms with Crippen LogP contribution in [0.4, 0.5) is 5.82 Å². The third-order valence-electron chi connectivity index (χ3n) is 3.83. The fraction of sp³-hybridized carbons (Fsp3) is 0.688. The summed E-state index contributed by atoms with van der Waals surface area (Å²) in [4.78, 5) is 9.53. The van der Waals surface area contributed by atoms with E-state index in [-0.39, 0.29) is 0 Å². The number of nitrogens with zero attached hydrogens (tertiary/aromatic N) is 3. The SMILES string of the molecule is CCNCc1cc(C)nc(N2CCCC2CN(C)C)c1. The summed E-state index contributed by atoms with van der Waals surface area (Å²) in [5.41, 5.74) is 2.45. The van der Waals surface area contributed by atoms with Crippen LogP contribution in [-0.4, -0.2) is 49.7 Å². The zero-order valence-corrected chi connectivity index (χ0v) is 13.3. The standard InChI is InChI=1S/C16H28N4/c1-5-17-11-14-9-13(2)18-16(10-14)20-8-6-7-15(20)12-19(3)4/h9-10,15,17H,5-8,11-12H2,1-4H3. The van der Waals surface area contributed by atoms with Crippen molar-refractivity contribution in [2.24, 2.45) is 0 Å². The van der Waals surface area contributed by atoms with Crippen molar-refractivity contribution >= 4 is 5.82 Å². The first-order valence-electron chi connectivity index (χ1n) is 7.69. The Morgan fingerprint density at radius 2 is 2.20 bits per heavy atom. The van der Waals surface area contributed by atoms with Gasteiger partial charge in [-0.3, -0.25) is 0 Å². The largest absolute Gasteiger partial charge is 0.352 e. The number of hydrogen-bond donors (Lipinski definition) is 1. The maximum atomic E-state index is 4.76. The number of aryl methyl sites for hydroxylation is 1. The van der Waals surface area contributed by atoms with Gasteiger partial charge in [0, 0.05) is 31.4 Å². The molecule has 0 saturated carbocycles. The van der Waals surface area contributed by atoms with Crippen molar-refractivity contribution in [3.8, 4) is 0 Å². The molecule has 1 saturated heterocycles. The Bertz CT molecular complexity index is 430. The maximum Gasteiger partial charge on any atom is 0.129 e. The zero-order valence-electron chi connectivity index (χ0n) is 13.3. The Labute approximate surface area is 123 Å². The molecule has 1 aliphatic rings. The number of nitrogens with one attached hydrogen (secondary N) is 1. The smallest absolute Gasteiger partial charge is 0.129 e. The summed E-state index contributed by atoms with van der Waals surface area (Å²) in [6.45, 7) is 8.41. The molecular formula is C16H28N4. The lowest BCUT2D eigenvalue weighted by atomic mass is 10.2. The molecule has 20 heavy (non-hydrogen) atoms. The van der Waals surface area contributed by atoms with Gasteiger partial charge in [0.15, 0.2) is 0 Å². The van der Waals surface area contributed by atoms with E-state index < -0.39 is 0 Å². The Balaban J connectivity index is 2.15. The van der Waals surface area contributed by atoms with E-state index in [2.05, 4.69) is 55.2 Å². The predicted molar refractivity (Wildman–Crippen MR) is 85.3 cm³/mol. The van der Waals surface area contributed by atoms with Gasteiger partial charge in [-0.25, -0.2) is 4.98 Å². The third kappa shape index (κ3) is 3.93. The minimum absolute atomic E-state index is 0.603. The molecule has 2 rings (SSSR count). The van der Waals surface area contributed by atoms with E-state index in [1.54, 1.807) is 0 Å². The van der Waals surface area contributed by atoms with Crippen molar-refractivity contribution in [3.63, 3.8) is 0 Å². The second-order valence-corrected chi connectivity index (χ2v) is 6.01. The Morgan fingerprint density at radius 1 is 1.40 bits per heavy atom. The lowest BCUT2D eigenvalue weighted by Crippen LogP contribution is -2.38. The van der Waals surface area contributed by atoms with Gasteiger partial charge in [-0.15, -0.1) is 0 Å². The van der Waals surface area contributed by atoms with E-state index >= 15 is 0 Å². The molecule has 1 fully saturated rings. The van der Waals surface area contributed by atoms with Crippen LogP contribution in [0.3, 0.4) is 0 Å². The summed E-state index contributed by atoms with van der Waals surface area (Å²) < 4.78 is 0. The van der Waals surface area contributed by atoms with Crippen LogP contribution in [0.1, 0.15) is 31.0 Å². The predicted octanol–water partition coefficient (Wildman–Crippen LogP) is 2.03. The number of likely N-dealkylation sites (N-methyl/N-ethyl adjacent to an activating group) is 1. The molecule has 0 aliphatic carbocycles. The highest BCUT2D eigenvalue weighted by atomic mass is 15.3. The molecular weight excluding hydrogens is 248 g/mol. The highest BCUT2D eigenvalue weighted by Crippen LogP contribution is 2.25. The molecule has 0 amide bonds. The monoisotopic (exact) mass is 276 g/mol. The van der Waals surface area contributed by atoms with Crippen molar-refractivity contribution < 1.29 is 0 Å². The summed E-state index contributed by atoms with van der Waals surface area (Å²) in [6.07, 6.45) is 2.55. The van der Waals surface area contributed by atoms with Gasteiger partial charge in [0.25, 0.3) is 0 Å². The topological polar surface area (TPSA) is 31.4 Å². The van der Waals surface area contributed by atoms with Crippen LogP contribution in [-0.2, 0) is 6.54 Å². The number of anilines is 1. The molecule has 4 nitrogen and oxygen atoms in total. The first kappa shape index (κ1) is 15.3. The lowest BCUT2D eigenvalue weighted by molar-refractivity contribution is 0.371. The number of aromatic nitrogens is 1. The van der Waals surface area contributed by atoms with Gasteiger partial charge < -0.3 is 15.1 Å². The molecule has 0 spiro atoms. The quantitative estimate of drug-likeness (QED) is 0.861. The molecule has 0 radical (unpaired) electrons. The van der Waals surface area contributed by atoms with Gasteiger partial charge in [0.05, 0.1) is 0 Å². The first-order chi connectivity index (χ1) is 9.60. The van der Waals surface area contributed by atoms with Crippen LogP contribution < -0.4 is 10.2 Å². The van der Waals surface area contributed by atoms with E-state index in [0.29, 0.717) is 6.04 Å². The van der Waals surface area contributed by atoms with Crippen LogP contribution in [0.5, 0.6) is 0 Å². The lowest BCUT2D eigenvalue weighted by Gasteiger charge is -2.28. The molecule has 1 aromatic rings. The Hall–Kier alpha value is -1.13. The molecule has 112 valence electrons. The average Bonchev–Trinajstić information content (AvgIpc) is 2.83. The van der Waals surface area contributed by atoms with Crippen LogP contribution in [0.25, 0.3) is 0 Å². The molecule has 0 bridgehead atoms. The van der Waals surface area contributed by atoms with Crippen molar-refractivity contribution in [2.75, 3.05) is 38.6 Å². The highest BCUT2D eigenvalue weighted by Gasteiger charge is 2.26. The van der Waals surface area contributed by atoms with Crippen LogP contribution in [0, 0.1) is 6.92 Å². The van der Waals surface area contributed by atoms with E-state index in [1.165, 1.54) is 18.4 Å². The van der Waals surface area contributed by atoms with E-state index in [4.69, 9.17) is 4.98 Å². The van der Waals surface area contributed by atoms with Gasteiger partial charge in [0.2, 0.25) is 0 Å². The minimum atomic E-state index is 0.603. The normalized spacial score (nSPS) is 19.1. The maximum absolute atomic E-state index is 4.76. The van der Waals surface area contributed by atoms with E-state index in [1.807, 2.05) is 0 Å². The Morgan fingerprint density at radius 3 is 2.90 bits per heavy atom. The average molecular weight is 276 g/mol. The molecule has 1 aliphatic heterocycles. The first-order valence-corrected chi connectivity index (χ1v) is 7.69. The molecule has 1 unspecified atom stereocenters. The van der Waals surface area contributed by atoms with Gasteiger partial charge in [0.1, 0.15) is 5.82 Å². The van der Waals surface area contributed by atoms with Gasteiger partial charge in [-0.2, -0.15) is 0 Å². The third-order valence-corrected chi connectivity index (χ3v) is 3.83. The van der Waals surface area contributed by atoms with Crippen molar-refractivity contribution in [3.05, 3.63) is 23.4 Å². The van der Waals surface area contributed by atoms with E-state index in [9.17, 15) is 0 Å². The second kappa shape index (κ2) is 7.04. The van der Waals surface area contributed by atoms with Crippen LogP contribution in [0.2, 0.25) is 0 Å². The van der Waals surface area contributed by atoms with Gasteiger partial charge in [-0.1, -0.05) is 6.92 Å². The highest BCUT2D eigenvalue weighted by molar-refractivity contribution is 5.45. The minimum Gasteiger partial charge on any atom is -0.352 e. The Kier molecular flexibility index (Phi) is 5.38. The zero-order chi connectivity index (χ0) is 14.5. The van der Waals surface area contributed by atoms with Crippen LogP contribution in [0.15, 0.2) is 12.1 Å². The molecule has 4 heteroatoms. The molecule has 1 N–H and O–H groups in total. The van der Waals surface area contributed by atoms with Crippen molar-refractivity contribution in [2.45, 2.75) is 39.3 Å². The summed E-state index contributed by atoms with van der Waals surface area (Å²) in [5.74, 6) is 1.15. The number of hydrogen-bond acceptors (Lipinski definition) is 4. The number of rotatable bonds is 6. The fourth-order valence-corrected chi connectivity index (χ4v) is 2.99. The van der Waals surface area contributed by atoms with Gasteiger partial charge in [-0.05, 0) is 58.1 Å².